The Hall–Kier alpha value is -4.13. The molecule has 2 N–H and O–H groups in total. The van der Waals surface area contributed by atoms with Crippen molar-refractivity contribution in [2.75, 3.05) is 23.8 Å². The maximum absolute atomic E-state index is 12.0. The summed E-state index contributed by atoms with van der Waals surface area (Å²) in [4.78, 5) is 34.9. The van der Waals surface area contributed by atoms with Gasteiger partial charge < -0.3 is 20.1 Å². The fourth-order valence-electron chi connectivity index (χ4n) is 2.78. The number of nitrogens with one attached hydrogen (secondary N) is 2. The van der Waals surface area contributed by atoms with Crippen LogP contribution in [0.4, 0.5) is 11.4 Å². The molecule has 0 atom stereocenters. The number of rotatable bonds is 8. The number of hydrogen-bond donors (Lipinski definition) is 2. The first-order valence-corrected chi connectivity index (χ1v) is 9.61. The van der Waals surface area contributed by atoms with E-state index in [1.54, 1.807) is 36.4 Å². The van der Waals surface area contributed by atoms with Gasteiger partial charge in [-0.2, -0.15) is 0 Å². The van der Waals surface area contributed by atoms with E-state index in [1.165, 1.54) is 6.92 Å². The number of esters is 1. The van der Waals surface area contributed by atoms with Gasteiger partial charge in [-0.3, -0.25) is 9.59 Å². The largest absolute Gasteiger partial charge is 0.482 e. The minimum absolute atomic E-state index is 0.216. The number of hydrogen-bond acceptors (Lipinski definition) is 5. The molecule has 0 aliphatic heterocycles. The predicted molar refractivity (Wildman–Crippen MR) is 118 cm³/mol. The first kappa shape index (κ1) is 21.6. The van der Waals surface area contributed by atoms with Crippen LogP contribution >= 0.6 is 0 Å². The van der Waals surface area contributed by atoms with Gasteiger partial charge in [0.25, 0.3) is 5.91 Å². The average molecular weight is 418 g/mol. The Morgan fingerprint density at radius 2 is 1.39 bits per heavy atom. The molecule has 0 radical (unpaired) electrons. The van der Waals surface area contributed by atoms with E-state index in [0.29, 0.717) is 17.1 Å². The molecule has 7 nitrogen and oxygen atoms in total. The quantitative estimate of drug-likeness (QED) is 0.542. The number of carbonyl (C=O) groups excluding carboxylic acids is 3. The topological polar surface area (TPSA) is 93.7 Å². The van der Waals surface area contributed by atoms with Gasteiger partial charge in [-0.1, -0.05) is 48.5 Å². The minimum atomic E-state index is -0.658. The Morgan fingerprint density at radius 1 is 0.742 bits per heavy atom. The van der Waals surface area contributed by atoms with E-state index in [4.69, 9.17) is 9.47 Å². The lowest BCUT2D eigenvalue weighted by Crippen LogP contribution is -2.23. The number of anilines is 2. The van der Waals surface area contributed by atoms with Gasteiger partial charge in [-0.15, -0.1) is 0 Å². The molecule has 3 rings (SSSR count). The van der Waals surface area contributed by atoms with Crippen molar-refractivity contribution in [3.05, 3.63) is 78.9 Å². The molecular weight excluding hydrogens is 396 g/mol. The third-order valence-electron chi connectivity index (χ3n) is 4.15. The molecule has 0 unspecified atom stereocenters. The minimum Gasteiger partial charge on any atom is -0.482 e. The van der Waals surface area contributed by atoms with Crippen molar-refractivity contribution in [2.45, 2.75) is 6.92 Å². The molecule has 0 fully saturated rings. The molecule has 0 aromatic heterocycles. The lowest BCUT2D eigenvalue weighted by Gasteiger charge is -2.09. The highest BCUT2D eigenvalue weighted by Crippen LogP contribution is 2.22. The van der Waals surface area contributed by atoms with Crippen LogP contribution in [0.5, 0.6) is 5.75 Å². The van der Waals surface area contributed by atoms with Gasteiger partial charge in [0, 0.05) is 18.3 Å². The summed E-state index contributed by atoms with van der Waals surface area (Å²) in [6, 6.07) is 23.9. The van der Waals surface area contributed by atoms with Gasteiger partial charge in [0.05, 0.1) is 0 Å². The zero-order valence-electron chi connectivity index (χ0n) is 17.0. The Morgan fingerprint density at radius 3 is 2.06 bits per heavy atom. The summed E-state index contributed by atoms with van der Waals surface area (Å²) in [5.74, 6) is -0.849. The van der Waals surface area contributed by atoms with E-state index >= 15 is 0 Å². The smallest absolute Gasteiger partial charge is 0.344 e. The molecule has 3 aromatic carbocycles. The fourth-order valence-corrected chi connectivity index (χ4v) is 2.78. The van der Waals surface area contributed by atoms with Crippen LogP contribution in [0.15, 0.2) is 78.9 Å². The molecule has 31 heavy (non-hydrogen) atoms. The van der Waals surface area contributed by atoms with Crippen LogP contribution in [0.3, 0.4) is 0 Å². The number of benzene rings is 3. The van der Waals surface area contributed by atoms with Crippen molar-refractivity contribution in [1.82, 2.24) is 0 Å². The van der Waals surface area contributed by atoms with Crippen LogP contribution in [0, 0.1) is 0 Å². The molecule has 158 valence electrons. The molecule has 0 saturated carbocycles. The van der Waals surface area contributed by atoms with E-state index in [2.05, 4.69) is 10.6 Å². The normalized spacial score (nSPS) is 10.1. The van der Waals surface area contributed by atoms with Gasteiger partial charge in [-0.25, -0.2) is 4.79 Å². The van der Waals surface area contributed by atoms with Gasteiger partial charge in [-0.05, 0) is 41.5 Å². The molecule has 2 amide bonds. The van der Waals surface area contributed by atoms with Crippen molar-refractivity contribution in [1.29, 1.82) is 0 Å². The summed E-state index contributed by atoms with van der Waals surface area (Å²) in [5.41, 5.74) is 3.15. The van der Waals surface area contributed by atoms with Crippen LogP contribution in [0.2, 0.25) is 0 Å². The molecule has 0 aliphatic carbocycles. The van der Waals surface area contributed by atoms with E-state index in [1.807, 2.05) is 42.5 Å². The van der Waals surface area contributed by atoms with Crippen molar-refractivity contribution in [3.8, 4) is 16.9 Å². The number of ether oxygens (including phenoxy) is 2. The summed E-state index contributed by atoms with van der Waals surface area (Å²) >= 11 is 0. The van der Waals surface area contributed by atoms with Crippen molar-refractivity contribution < 1.29 is 23.9 Å². The Labute approximate surface area is 180 Å². The highest BCUT2D eigenvalue weighted by Gasteiger charge is 2.10. The molecule has 0 spiro atoms. The van der Waals surface area contributed by atoms with Crippen LogP contribution in [0.1, 0.15) is 6.92 Å². The SMILES string of the molecule is CC(=O)Nc1cccc(NC(=O)COC(=O)COc2ccc(-c3ccccc3)cc2)c1. The van der Waals surface area contributed by atoms with Crippen molar-refractivity contribution in [2.24, 2.45) is 0 Å². The van der Waals surface area contributed by atoms with Crippen LogP contribution in [-0.2, 0) is 19.1 Å². The van der Waals surface area contributed by atoms with Gasteiger partial charge in [0.1, 0.15) is 5.75 Å². The third kappa shape index (κ3) is 7.01. The van der Waals surface area contributed by atoms with E-state index in [-0.39, 0.29) is 12.5 Å². The summed E-state index contributed by atoms with van der Waals surface area (Å²) in [6.07, 6.45) is 0. The van der Waals surface area contributed by atoms with E-state index < -0.39 is 18.5 Å². The lowest BCUT2D eigenvalue weighted by atomic mass is 10.1. The zero-order valence-corrected chi connectivity index (χ0v) is 17.0. The zero-order chi connectivity index (χ0) is 22.1. The summed E-state index contributed by atoms with van der Waals surface area (Å²) in [7, 11) is 0. The van der Waals surface area contributed by atoms with Crippen LogP contribution in [-0.4, -0.2) is 31.0 Å². The molecule has 0 heterocycles. The molecule has 0 bridgehead atoms. The number of carbonyl (C=O) groups is 3. The maximum atomic E-state index is 12.0. The van der Waals surface area contributed by atoms with Crippen LogP contribution in [0.25, 0.3) is 11.1 Å². The Balaban J connectivity index is 1.42. The molecule has 3 aromatic rings. The molecule has 0 saturated heterocycles. The standard InChI is InChI=1S/C24H22N2O5/c1-17(27)25-20-8-5-9-21(14-20)26-23(28)15-31-24(29)16-30-22-12-10-19(11-13-22)18-6-3-2-4-7-18/h2-14H,15-16H2,1H3,(H,25,27)(H,26,28). The monoisotopic (exact) mass is 418 g/mol. The first-order valence-electron chi connectivity index (χ1n) is 9.61. The van der Waals surface area contributed by atoms with E-state index in [9.17, 15) is 14.4 Å². The lowest BCUT2D eigenvalue weighted by molar-refractivity contribution is -0.149. The highest BCUT2D eigenvalue weighted by atomic mass is 16.6. The van der Waals surface area contributed by atoms with Gasteiger partial charge in [0.2, 0.25) is 5.91 Å². The molecule has 7 heteroatoms. The van der Waals surface area contributed by atoms with Gasteiger partial charge in [0.15, 0.2) is 13.2 Å². The third-order valence-corrected chi connectivity index (χ3v) is 4.15. The predicted octanol–water partition coefficient (Wildman–Crippen LogP) is 3.87. The molecular formula is C24H22N2O5. The van der Waals surface area contributed by atoms with E-state index in [0.717, 1.165) is 11.1 Å². The van der Waals surface area contributed by atoms with Crippen LogP contribution < -0.4 is 15.4 Å². The second-order valence-corrected chi connectivity index (χ2v) is 6.65. The highest BCUT2D eigenvalue weighted by molar-refractivity contribution is 5.94. The van der Waals surface area contributed by atoms with Gasteiger partial charge >= 0.3 is 5.97 Å². The Bertz CT molecular complexity index is 1050. The first-order chi connectivity index (χ1) is 15.0. The second kappa shape index (κ2) is 10.6. The second-order valence-electron chi connectivity index (χ2n) is 6.65. The van der Waals surface area contributed by atoms with Crippen molar-refractivity contribution in [3.63, 3.8) is 0 Å². The average Bonchev–Trinajstić information content (AvgIpc) is 2.77. The summed E-state index contributed by atoms with van der Waals surface area (Å²) in [6.45, 7) is 0.639. The maximum Gasteiger partial charge on any atom is 0.344 e. The molecule has 0 aliphatic rings. The fraction of sp³-hybridized carbons (Fsp3) is 0.125. The summed E-state index contributed by atoms with van der Waals surface area (Å²) in [5, 5.41) is 5.22. The number of amides is 2. The Kier molecular flexibility index (Phi) is 7.37. The summed E-state index contributed by atoms with van der Waals surface area (Å²) < 4.78 is 10.4. The van der Waals surface area contributed by atoms with Crippen molar-refractivity contribution >= 4 is 29.2 Å².